The summed E-state index contributed by atoms with van der Waals surface area (Å²) in [5.74, 6) is 0.324. The predicted molar refractivity (Wildman–Crippen MR) is 153 cm³/mol. The summed E-state index contributed by atoms with van der Waals surface area (Å²) in [6, 6.07) is 21.2. The summed E-state index contributed by atoms with van der Waals surface area (Å²) in [5.41, 5.74) is 4.03. The van der Waals surface area contributed by atoms with Crippen molar-refractivity contribution in [2.75, 3.05) is 11.4 Å². The third-order valence-electron chi connectivity index (χ3n) is 6.61. The summed E-state index contributed by atoms with van der Waals surface area (Å²) in [6.07, 6.45) is 4.20. The lowest BCUT2D eigenvalue weighted by Crippen LogP contribution is -2.34. The number of carbonyl (C=O) groups excluding carboxylic acids is 1. The second-order valence-corrected chi connectivity index (χ2v) is 11.0. The number of amides is 1. The lowest BCUT2D eigenvalue weighted by molar-refractivity contribution is -0.122. The highest BCUT2D eigenvalue weighted by atomic mass is 35.5. The Hall–Kier alpha value is -3.46. The zero-order chi connectivity index (χ0) is 25.5. The largest absolute Gasteiger partial charge is 0.351 e. The average molecular weight is 545 g/mol. The first-order valence-electron chi connectivity index (χ1n) is 11.8. The Morgan fingerprint density at radius 2 is 1.76 bits per heavy atom. The van der Waals surface area contributed by atoms with E-state index < -0.39 is 0 Å². The molecule has 2 aromatic carbocycles. The van der Waals surface area contributed by atoms with E-state index in [1.165, 1.54) is 32.2 Å². The van der Waals surface area contributed by atoms with Crippen molar-refractivity contribution in [2.45, 2.75) is 19.5 Å². The van der Waals surface area contributed by atoms with E-state index >= 15 is 0 Å². The van der Waals surface area contributed by atoms with Crippen LogP contribution in [0.5, 0.6) is 0 Å². The van der Waals surface area contributed by atoms with Crippen LogP contribution in [0, 0.1) is 0 Å². The Bertz CT molecular complexity index is 1670. The third-order valence-corrected chi connectivity index (χ3v) is 8.36. The minimum atomic E-state index is -0.248. The van der Waals surface area contributed by atoms with E-state index in [2.05, 4.69) is 17.0 Å². The molecule has 1 amide bonds. The van der Waals surface area contributed by atoms with Crippen LogP contribution in [0.4, 0.5) is 5.82 Å². The maximum absolute atomic E-state index is 13.7. The zero-order valence-corrected chi connectivity index (χ0v) is 22.0. The Labute approximate surface area is 228 Å². The van der Waals surface area contributed by atoms with Crippen LogP contribution in [-0.2, 0) is 24.3 Å². The van der Waals surface area contributed by atoms with Gasteiger partial charge < -0.3 is 4.90 Å². The number of hydrogen-bond acceptors (Lipinski definition) is 6. The molecule has 6 nitrogen and oxygen atoms in total. The molecular formula is C28H21ClN4O2S2. The van der Waals surface area contributed by atoms with Crippen molar-refractivity contribution >= 4 is 63.3 Å². The summed E-state index contributed by atoms with van der Waals surface area (Å²) in [4.78, 5) is 36.0. The van der Waals surface area contributed by atoms with Crippen molar-refractivity contribution in [3.05, 3.63) is 115 Å². The van der Waals surface area contributed by atoms with Crippen molar-refractivity contribution in [3.63, 3.8) is 0 Å². The van der Waals surface area contributed by atoms with Gasteiger partial charge in [0.1, 0.15) is 15.8 Å². The SMILES string of the molecule is O=C1C(=Cc2c(N3CCc4ccccc4C3)nc3ccccn3c2=O)SC(=S)N1Cc1ccccc1Cl. The van der Waals surface area contributed by atoms with Crippen molar-refractivity contribution in [1.29, 1.82) is 0 Å². The average Bonchev–Trinajstić information content (AvgIpc) is 3.18. The number of thiocarbonyl (C=S) groups is 1. The predicted octanol–water partition coefficient (Wildman–Crippen LogP) is 5.31. The van der Waals surface area contributed by atoms with Gasteiger partial charge in [-0.15, -0.1) is 0 Å². The summed E-state index contributed by atoms with van der Waals surface area (Å²) in [5, 5.41) is 0.574. The molecule has 0 radical (unpaired) electrons. The van der Waals surface area contributed by atoms with E-state index in [1.54, 1.807) is 24.4 Å². The number of benzene rings is 2. The zero-order valence-electron chi connectivity index (χ0n) is 19.6. The lowest BCUT2D eigenvalue weighted by Gasteiger charge is -2.30. The molecule has 2 aliphatic rings. The molecule has 4 heterocycles. The van der Waals surface area contributed by atoms with Gasteiger partial charge in [0.25, 0.3) is 11.5 Å². The quantitative estimate of drug-likeness (QED) is 0.256. The van der Waals surface area contributed by atoms with Crippen LogP contribution >= 0.6 is 35.6 Å². The fourth-order valence-corrected chi connectivity index (χ4v) is 6.13. The molecular weight excluding hydrogens is 524 g/mol. The smallest absolute Gasteiger partial charge is 0.267 e. The fourth-order valence-electron chi connectivity index (χ4n) is 4.70. The Balaban J connectivity index is 1.42. The first-order chi connectivity index (χ1) is 18.0. The van der Waals surface area contributed by atoms with Gasteiger partial charge >= 0.3 is 0 Å². The van der Waals surface area contributed by atoms with Crippen molar-refractivity contribution < 1.29 is 4.79 Å². The van der Waals surface area contributed by atoms with Gasteiger partial charge in [-0.1, -0.05) is 84.1 Å². The molecule has 37 heavy (non-hydrogen) atoms. The van der Waals surface area contributed by atoms with E-state index in [4.69, 9.17) is 28.8 Å². The van der Waals surface area contributed by atoms with Crippen molar-refractivity contribution in [2.24, 2.45) is 0 Å². The molecule has 0 bridgehead atoms. The molecule has 2 aromatic heterocycles. The molecule has 0 unspecified atom stereocenters. The summed E-state index contributed by atoms with van der Waals surface area (Å²) in [7, 11) is 0. The van der Waals surface area contributed by atoms with Gasteiger partial charge in [0.15, 0.2) is 0 Å². The number of thioether (sulfide) groups is 1. The van der Waals surface area contributed by atoms with Crippen LogP contribution in [0.15, 0.2) is 82.6 Å². The highest BCUT2D eigenvalue weighted by molar-refractivity contribution is 8.26. The molecule has 0 spiro atoms. The fraction of sp³-hybridized carbons (Fsp3) is 0.143. The molecule has 1 fully saturated rings. The van der Waals surface area contributed by atoms with Gasteiger partial charge in [-0.05, 0) is 47.4 Å². The van der Waals surface area contributed by atoms with E-state index in [0.29, 0.717) is 37.8 Å². The van der Waals surface area contributed by atoms with Crippen molar-refractivity contribution in [3.8, 4) is 0 Å². The summed E-state index contributed by atoms with van der Waals surface area (Å²) < 4.78 is 1.94. The maximum atomic E-state index is 13.7. The van der Waals surface area contributed by atoms with E-state index in [0.717, 1.165) is 18.5 Å². The summed E-state index contributed by atoms with van der Waals surface area (Å²) in [6.45, 7) is 1.63. The highest BCUT2D eigenvalue weighted by Gasteiger charge is 2.33. The number of fused-ring (bicyclic) bond motifs is 2. The number of pyridine rings is 1. The van der Waals surface area contributed by atoms with E-state index in [9.17, 15) is 9.59 Å². The van der Waals surface area contributed by atoms with Crippen LogP contribution in [0.1, 0.15) is 22.3 Å². The number of aromatic nitrogens is 2. The second-order valence-electron chi connectivity index (χ2n) is 8.88. The molecule has 9 heteroatoms. The number of carbonyl (C=O) groups is 1. The molecule has 1 saturated heterocycles. The first kappa shape index (κ1) is 23.9. The Kier molecular flexibility index (Phi) is 6.32. The Morgan fingerprint density at radius 3 is 2.59 bits per heavy atom. The van der Waals surface area contributed by atoms with Gasteiger partial charge in [0.05, 0.1) is 17.0 Å². The maximum Gasteiger partial charge on any atom is 0.267 e. The number of halogens is 1. The minimum absolute atomic E-state index is 0.226. The van der Waals surface area contributed by atoms with Crippen LogP contribution in [-0.4, -0.2) is 31.1 Å². The third kappa shape index (κ3) is 4.45. The molecule has 6 rings (SSSR count). The van der Waals surface area contributed by atoms with Gasteiger partial charge in [0.2, 0.25) is 0 Å². The monoisotopic (exact) mass is 544 g/mol. The molecule has 184 valence electrons. The first-order valence-corrected chi connectivity index (χ1v) is 13.4. The normalized spacial score (nSPS) is 16.6. The highest BCUT2D eigenvalue weighted by Crippen LogP contribution is 2.35. The number of hydrogen-bond donors (Lipinski definition) is 0. The van der Waals surface area contributed by atoms with Crippen LogP contribution in [0.25, 0.3) is 11.7 Å². The molecule has 0 atom stereocenters. The van der Waals surface area contributed by atoms with Gasteiger partial charge in [0, 0.05) is 24.3 Å². The standard InChI is InChI=1S/C28H21ClN4O2S2/c29-22-10-4-3-9-20(22)17-33-27(35)23(37-28(33)36)15-21-25(30-24-11-5-6-13-32(24)26(21)34)31-14-12-18-7-1-2-8-19(18)16-31/h1-11,13,15H,12,14,16-17H2. The van der Waals surface area contributed by atoms with Crippen LogP contribution in [0.2, 0.25) is 5.02 Å². The lowest BCUT2D eigenvalue weighted by atomic mass is 9.99. The van der Waals surface area contributed by atoms with Gasteiger partial charge in [-0.2, -0.15) is 0 Å². The van der Waals surface area contributed by atoms with Gasteiger partial charge in [-0.3, -0.25) is 18.9 Å². The minimum Gasteiger partial charge on any atom is -0.351 e. The van der Waals surface area contributed by atoms with Gasteiger partial charge in [-0.25, -0.2) is 4.98 Å². The molecule has 2 aliphatic heterocycles. The van der Waals surface area contributed by atoms with Crippen molar-refractivity contribution in [1.82, 2.24) is 14.3 Å². The number of rotatable bonds is 4. The van der Waals surface area contributed by atoms with E-state index in [-0.39, 0.29) is 18.0 Å². The number of anilines is 1. The second kappa shape index (κ2) is 9.78. The molecule has 0 N–H and O–H groups in total. The molecule has 0 aliphatic carbocycles. The summed E-state index contributed by atoms with van der Waals surface area (Å²) >= 11 is 13.1. The molecule has 0 saturated carbocycles. The van der Waals surface area contributed by atoms with Crippen LogP contribution in [0.3, 0.4) is 0 Å². The number of nitrogens with zero attached hydrogens (tertiary/aromatic N) is 4. The Morgan fingerprint density at radius 1 is 1.00 bits per heavy atom. The molecule has 4 aromatic rings. The van der Waals surface area contributed by atoms with E-state index in [1.807, 2.05) is 42.5 Å². The topological polar surface area (TPSA) is 57.9 Å². The van der Waals surface area contributed by atoms with Crippen LogP contribution < -0.4 is 10.5 Å².